The lowest BCUT2D eigenvalue weighted by molar-refractivity contribution is 0.0848. The van der Waals surface area contributed by atoms with Crippen molar-refractivity contribution in [2.75, 3.05) is 20.3 Å². The molecule has 0 aliphatic carbocycles. The van der Waals surface area contributed by atoms with Gasteiger partial charge in [0.05, 0.1) is 7.11 Å². The van der Waals surface area contributed by atoms with Gasteiger partial charge in [-0.2, -0.15) is 0 Å². The molecule has 1 fully saturated rings. The van der Waals surface area contributed by atoms with Crippen molar-refractivity contribution in [3.05, 3.63) is 23.8 Å². The van der Waals surface area contributed by atoms with Gasteiger partial charge in [-0.3, -0.25) is 0 Å². The van der Waals surface area contributed by atoms with Crippen molar-refractivity contribution in [2.45, 2.75) is 18.8 Å². The number of phenolic OH excluding ortho intramolecular Hbond substituents is 1. The molecular weight excluding hydrogens is 192 g/mol. The van der Waals surface area contributed by atoms with E-state index in [0.29, 0.717) is 17.4 Å². The standard InChI is InChI=1S/C12H16O3/c1-14-10-2-3-11(12(13)8-10)9-4-6-15-7-5-9/h2-3,8-9,13H,4-7H2,1H3. The molecule has 0 saturated carbocycles. The van der Waals surface area contributed by atoms with Crippen molar-refractivity contribution in [2.24, 2.45) is 0 Å². The van der Waals surface area contributed by atoms with E-state index in [0.717, 1.165) is 31.6 Å². The predicted molar refractivity (Wildman–Crippen MR) is 57.5 cm³/mol. The molecule has 0 radical (unpaired) electrons. The fourth-order valence-electron chi connectivity index (χ4n) is 2.00. The molecule has 0 amide bonds. The van der Waals surface area contributed by atoms with Gasteiger partial charge in [0.1, 0.15) is 11.5 Å². The Morgan fingerprint density at radius 2 is 2.07 bits per heavy atom. The van der Waals surface area contributed by atoms with Crippen LogP contribution in [0.15, 0.2) is 18.2 Å². The minimum Gasteiger partial charge on any atom is -0.508 e. The molecule has 1 heterocycles. The molecular formula is C12H16O3. The van der Waals surface area contributed by atoms with Gasteiger partial charge in [-0.25, -0.2) is 0 Å². The summed E-state index contributed by atoms with van der Waals surface area (Å²) in [5.74, 6) is 1.45. The number of phenols is 1. The van der Waals surface area contributed by atoms with Crippen LogP contribution in [0, 0.1) is 0 Å². The maximum Gasteiger partial charge on any atom is 0.122 e. The van der Waals surface area contributed by atoms with E-state index in [9.17, 15) is 5.11 Å². The molecule has 1 saturated heterocycles. The molecule has 0 atom stereocenters. The van der Waals surface area contributed by atoms with Crippen molar-refractivity contribution >= 4 is 0 Å². The van der Waals surface area contributed by atoms with Crippen LogP contribution in [0.4, 0.5) is 0 Å². The number of hydrogen-bond acceptors (Lipinski definition) is 3. The Balaban J connectivity index is 2.19. The molecule has 82 valence electrons. The summed E-state index contributed by atoms with van der Waals surface area (Å²) >= 11 is 0. The van der Waals surface area contributed by atoms with Crippen LogP contribution in [-0.4, -0.2) is 25.4 Å². The zero-order chi connectivity index (χ0) is 10.7. The maximum absolute atomic E-state index is 9.85. The molecule has 0 aromatic heterocycles. The lowest BCUT2D eigenvalue weighted by atomic mass is 9.91. The second-order valence-corrected chi connectivity index (χ2v) is 3.81. The molecule has 1 aliphatic rings. The molecule has 2 rings (SSSR count). The number of benzene rings is 1. The summed E-state index contributed by atoms with van der Waals surface area (Å²) in [6, 6.07) is 5.51. The number of ether oxygens (including phenoxy) is 2. The number of rotatable bonds is 2. The SMILES string of the molecule is COc1ccc(C2CCOCC2)c(O)c1. The summed E-state index contributed by atoms with van der Waals surface area (Å²) in [4.78, 5) is 0. The maximum atomic E-state index is 9.85. The second-order valence-electron chi connectivity index (χ2n) is 3.81. The zero-order valence-electron chi connectivity index (χ0n) is 8.90. The predicted octanol–water partition coefficient (Wildman–Crippen LogP) is 2.29. The van der Waals surface area contributed by atoms with Crippen molar-refractivity contribution in [1.82, 2.24) is 0 Å². The minimum absolute atomic E-state index is 0.334. The highest BCUT2D eigenvalue weighted by Crippen LogP contribution is 2.34. The number of methoxy groups -OCH3 is 1. The fraction of sp³-hybridized carbons (Fsp3) is 0.500. The largest absolute Gasteiger partial charge is 0.508 e. The average Bonchev–Trinajstić information content (AvgIpc) is 2.30. The van der Waals surface area contributed by atoms with Crippen LogP contribution >= 0.6 is 0 Å². The third kappa shape index (κ3) is 2.23. The van der Waals surface area contributed by atoms with Gasteiger partial charge in [-0.15, -0.1) is 0 Å². The van der Waals surface area contributed by atoms with E-state index >= 15 is 0 Å². The van der Waals surface area contributed by atoms with E-state index in [1.807, 2.05) is 12.1 Å². The van der Waals surface area contributed by atoms with E-state index < -0.39 is 0 Å². The van der Waals surface area contributed by atoms with Crippen molar-refractivity contribution < 1.29 is 14.6 Å². The molecule has 0 bridgehead atoms. The zero-order valence-corrected chi connectivity index (χ0v) is 8.90. The van der Waals surface area contributed by atoms with Gasteiger partial charge >= 0.3 is 0 Å². The minimum atomic E-state index is 0.334. The molecule has 0 spiro atoms. The van der Waals surface area contributed by atoms with Gasteiger partial charge in [0, 0.05) is 19.3 Å². The highest BCUT2D eigenvalue weighted by Gasteiger charge is 2.18. The van der Waals surface area contributed by atoms with Crippen molar-refractivity contribution in [3.63, 3.8) is 0 Å². The highest BCUT2D eigenvalue weighted by molar-refractivity contribution is 5.41. The third-order valence-corrected chi connectivity index (χ3v) is 2.90. The van der Waals surface area contributed by atoms with Crippen LogP contribution in [0.3, 0.4) is 0 Å². The third-order valence-electron chi connectivity index (χ3n) is 2.90. The van der Waals surface area contributed by atoms with Crippen molar-refractivity contribution in [3.8, 4) is 11.5 Å². The van der Waals surface area contributed by atoms with E-state index in [2.05, 4.69) is 0 Å². The van der Waals surface area contributed by atoms with Gasteiger partial charge < -0.3 is 14.6 Å². The molecule has 1 aromatic rings. The first-order valence-electron chi connectivity index (χ1n) is 5.26. The van der Waals surface area contributed by atoms with Crippen molar-refractivity contribution in [1.29, 1.82) is 0 Å². The van der Waals surface area contributed by atoms with Gasteiger partial charge in [0.25, 0.3) is 0 Å². The number of aromatic hydroxyl groups is 1. The molecule has 15 heavy (non-hydrogen) atoms. The van der Waals surface area contributed by atoms with Gasteiger partial charge in [0.15, 0.2) is 0 Å². The second kappa shape index (κ2) is 4.53. The first-order valence-corrected chi connectivity index (χ1v) is 5.26. The van der Waals surface area contributed by atoms with Crippen LogP contribution in [0.2, 0.25) is 0 Å². The Hall–Kier alpha value is -1.22. The summed E-state index contributed by atoms with van der Waals surface area (Å²) in [5.41, 5.74) is 1.01. The van der Waals surface area contributed by atoms with Gasteiger partial charge in [-0.05, 0) is 30.4 Å². The first kappa shape index (κ1) is 10.3. The Morgan fingerprint density at radius 1 is 1.33 bits per heavy atom. The van der Waals surface area contributed by atoms with Crippen LogP contribution < -0.4 is 4.74 Å². The van der Waals surface area contributed by atoms with E-state index in [-0.39, 0.29) is 0 Å². The van der Waals surface area contributed by atoms with Crippen LogP contribution in [0.25, 0.3) is 0 Å². The molecule has 3 nitrogen and oxygen atoms in total. The molecule has 3 heteroatoms. The average molecular weight is 208 g/mol. The first-order chi connectivity index (χ1) is 7.31. The van der Waals surface area contributed by atoms with Crippen LogP contribution in [0.5, 0.6) is 11.5 Å². The summed E-state index contributed by atoms with van der Waals surface area (Å²) in [5, 5.41) is 9.85. The van der Waals surface area contributed by atoms with E-state index in [4.69, 9.17) is 9.47 Å². The fourth-order valence-corrected chi connectivity index (χ4v) is 2.00. The Kier molecular flexibility index (Phi) is 3.11. The van der Waals surface area contributed by atoms with E-state index in [1.54, 1.807) is 13.2 Å². The number of hydrogen-bond donors (Lipinski definition) is 1. The highest BCUT2D eigenvalue weighted by atomic mass is 16.5. The summed E-state index contributed by atoms with van der Waals surface area (Å²) in [6.07, 6.45) is 1.97. The van der Waals surface area contributed by atoms with E-state index in [1.165, 1.54) is 0 Å². The lowest BCUT2D eigenvalue weighted by Gasteiger charge is -2.23. The smallest absolute Gasteiger partial charge is 0.122 e. The quantitative estimate of drug-likeness (QED) is 0.810. The molecule has 1 aliphatic heterocycles. The summed E-state index contributed by atoms with van der Waals surface area (Å²) in [7, 11) is 1.60. The van der Waals surface area contributed by atoms with Gasteiger partial charge in [0.2, 0.25) is 0 Å². The Bertz CT molecular complexity index is 330. The lowest BCUT2D eigenvalue weighted by Crippen LogP contribution is -2.14. The molecule has 1 N–H and O–H groups in total. The summed E-state index contributed by atoms with van der Waals surface area (Å²) < 4.78 is 10.4. The monoisotopic (exact) mass is 208 g/mol. The van der Waals surface area contributed by atoms with Crippen LogP contribution in [0.1, 0.15) is 24.3 Å². The normalized spacial score (nSPS) is 17.7. The topological polar surface area (TPSA) is 38.7 Å². The van der Waals surface area contributed by atoms with Gasteiger partial charge in [-0.1, -0.05) is 6.07 Å². The molecule has 0 unspecified atom stereocenters. The Morgan fingerprint density at radius 3 is 2.67 bits per heavy atom. The molecule has 1 aromatic carbocycles. The van der Waals surface area contributed by atoms with Crippen LogP contribution in [-0.2, 0) is 4.74 Å². The summed E-state index contributed by atoms with van der Waals surface area (Å²) in [6.45, 7) is 1.58. The Labute approximate surface area is 89.6 Å².